The molecule has 0 radical (unpaired) electrons. The molecule has 0 atom stereocenters. The molecule has 2 N–H and O–H groups in total. The average Bonchev–Trinajstić information content (AvgIpc) is 2.83. The average molecular weight is 445 g/mol. The van der Waals surface area contributed by atoms with E-state index in [0.717, 1.165) is 16.7 Å². The predicted molar refractivity (Wildman–Crippen MR) is 125 cm³/mol. The van der Waals surface area contributed by atoms with Crippen molar-refractivity contribution >= 4 is 11.5 Å². The molecule has 0 saturated carbocycles. The zero-order valence-corrected chi connectivity index (χ0v) is 17.9. The third kappa shape index (κ3) is 4.24. The Bertz CT molecular complexity index is 1140. The number of hydrogen-bond acceptors (Lipinski definition) is 3. The summed E-state index contributed by atoms with van der Waals surface area (Å²) >= 11 is 0. The van der Waals surface area contributed by atoms with Crippen molar-refractivity contribution in [3.05, 3.63) is 131 Å². The number of pyridine rings is 1. The van der Waals surface area contributed by atoms with Gasteiger partial charge in [-0.25, -0.2) is 4.98 Å². The molecule has 6 heteroatoms. The third-order valence-electron chi connectivity index (χ3n) is 5.62. The van der Waals surface area contributed by atoms with Gasteiger partial charge in [0.25, 0.3) is 0 Å². The number of aryl methyl sites for hydroxylation is 1. The van der Waals surface area contributed by atoms with Crippen LogP contribution in [0.4, 0.5) is 19.0 Å². The molecule has 1 heterocycles. The standard InChI is InChI=1S/C27H22F3N3/c1-19-17-18-32-25(23(19)24(31)27(28,29)30)33-26(20-11-5-2-6-12-20,21-13-7-3-8-14-21)22-15-9-4-10-16-22/h2-18,31H,1H3,(H,32,33). The molecule has 0 aliphatic rings. The van der Waals surface area contributed by atoms with Crippen LogP contribution in [0.25, 0.3) is 0 Å². The van der Waals surface area contributed by atoms with Gasteiger partial charge in [0, 0.05) is 11.8 Å². The molecule has 4 rings (SSSR count). The molecular formula is C27H22F3N3. The van der Waals surface area contributed by atoms with E-state index in [1.165, 1.54) is 12.3 Å². The zero-order chi connectivity index (χ0) is 23.5. The molecule has 33 heavy (non-hydrogen) atoms. The largest absolute Gasteiger partial charge is 0.433 e. The molecule has 0 amide bonds. The van der Waals surface area contributed by atoms with E-state index < -0.39 is 17.4 Å². The van der Waals surface area contributed by atoms with Crippen molar-refractivity contribution in [2.45, 2.75) is 18.6 Å². The topological polar surface area (TPSA) is 48.8 Å². The smallest absolute Gasteiger partial charge is 0.352 e. The molecule has 3 aromatic carbocycles. The second-order valence-corrected chi connectivity index (χ2v) is 7.70. The van der Waals surface area contributed by atoms with E-state index in [4.69, 9.17) is 5.41 Å². The Morgan fingerprint density at radius 3 is 1.55 bits per heavy atom. The van der Waals surface area contributed by atoms with Gasteiger partial charge in [-0.05, 0) is 35.2 Å². The van der Waals surface area contributed by atoms with E-state index in [1.54, 1.807) is 6.92 Å². The van der Waals surface area contributed by atoms with Crippen molar-refractivity contribution in [2.24, 2.45) is 0 Å². The molecular weight excluding hydrogens is 423 g/mol. The first-order valence-electron chi connectivity index (χ1n) is 10.4. The van der Waals surface area contributed by atoms with Crippen LogP contribution in [-0.2, 0) is 5.54 Å². The van der Waals surface area contributed by atoms with Crippen molar-refractivity contribution < 1.29 is 13.2 Å². The molecule has 0 saturated heterocycles. The Hall–Kier alpha value is -3.93. The minimum atomic E-state index is -4.81. The van der Waals surface area contributed by atoms with Crippen LogP contribution in [0.15, 0.2) is 103 Å². The number of alkyl halides is 3. The Labute approximate surface area is 190 Å². The predicted octanol–water partition coefficient (Wildman–Crippen LogP) is 6.72. The van der Waals surface area contributed by atoms with Crippen LogP contribution >= 0.6 is 0 Å². The lowest BCUT2D eigenvalue weighted by Gasteiger charge is -2.38. The minimum absolute atomic E-state index is 0.00566. The van der Waals surface area contributed by atoms with Crippen LogP contribution in [-0.4, -0.2) is 16.9 Å². The van der Waals surface area contributed by atoms with Crippen molar-refractivity contribution in [3.8, 4) is 0 Å². The van der Waals surface area contributed by atoms with Gasteiger partial charge in [-0.3, -0.25) is 5.41 Å². The first-order valence-corrected chi connectivity index (χ1v) is 10.4. The minimum Gasteiger partial charge on any atom is -0.352 e. The van der Waals surface area contributed by atoms with Gasteiger partial charge in [0.2, 0.25) is 0 Å². The highest BCUT2D eigenvalue weighted by molar-refractivity contribution is 6.07. The quantitative estimate of drug-likeness (QED) is 0.256. The number of hydrogen-bond donors (Lipinski definition) is 2. The summed E-state index contributed by atoms with van der Waals surface area (Å²) in [6, 6.07) is 30.1. The number of rotatable bonds is 6. The van der Waals surface area contributed by atoms with Crippen molar-refractivity contribution in [3.63, 3.8) is 0 Å². The summed E-state index contributed by atoms with van der Waals surface area (Å²) in [5, 5.41) is 11.2. The highest BCUT2D eigenvalue weighted by atomic mass is 19.4. The molecule has 4 aromatic rings. The van der Waals surface area contributed by atoms with E-state index >= 15 is 0 Å². The summed E-state index contributed by atoms with van der Waals surface area (Å²) < 4.78 is 40.8. The number of aromatic nitrogens is 1. The maximum Gasteiger partial charge on any atom is 0.433 e. The first kappa shape index (κ1) is 22.3. The van der Waals surface area contributed by atoms with Crippen LogP contribution in [0, 0.1) is 12.3 Å². The molecule has 166 valence electrons. The maximum absolute atomic E-state index is 13.6. The van der Waals surface area contributed by atoms with Crippen LogP contribution in [0.3, 0.4) is 0 Å². The monoisotopic (exact) mass is 445 g/mol. The van der Waals surface area contributed by atoms with Gasteiger partial charge in [-0.15, -0.1) is 0 Å². The third-order valence-corrected chi connectivity index (χ3v) is 5.62. The summed E-state index contributed by atoms with van der Waals surface area (Å²) in [6.45, 7) is 1.55. The van der Waals surface area contributed by atoms with E-state index in [1.807, 2.05) is 91.0 Å². The fourth-order valence-electron chi connectivity index (χ4n) is 4.07. The van der Waals surface area contributed by atoms with E-state index in [9.17, 15) is 13.2 Å². The summed E-state index contributed by atoms with van der Waals surface area (Å²) in [5.74, 6) is -0.00566. The lowest BCUT2D eigenvalue weighted by molar-refractivity contribution is -0.0587. The second kappa shape index (κ2) is 8.90. The summed E-state index contributed by atoms with van der Waals surface area (Å²) in [6.07, 6.45) is -3.35. The van der Waals surface area contributed by atoms with E-state index in [0.29, 0.717) is 5.56 Å². The van der Waals surface area contributed by atoms with Gasteiger partial charge in [0.05, 0.1) is 0 Å². The van der Waals surface area contributed by atoms with Gasteiger partial charge in [-0.1, -0.05) is 91.0 Å². The summed E-state index contributed by atoms with van der Waals surface area (Å²) in [5.41, 5.74) is 0.0555. The van der Waals surface area contributed by atoms with Crippen LogP contribution in [0.1, 0.15) is 27.8 Å². The van der Waals surface area contributed by atoms with Crippen LogP contribution in [0.2, 0.25) is 0 Å². The van der Waals surface area contributed by atoms with E-state index in [2.05, 4.69) is 10.3 Å². The second-order valence-electron chi connectivity index (χ2n) is 7.70. The lowest BCUT2D eigenvalue weighted by atomic mass is 9.76. The summed E-state index contributed by atoms with van der Waals surface area (Å²) in [7, 11) is 0. The molecule has 3 nitrogen and oxygen atoms in total. The molecule has 0 aliphatic carbocycles. The highest BCUT2D eigenvalue weighted by Crippen LogP contribution is 2.41. The highest BCUT2D eigenvalue weighted by Gasteiger charge is 2.41. The SMILES string of the molecule is Cc1ccnc(NC(c2ccccc2)(c2ccccc2)c2ccccc2)c1C(=N)C(F)(F)F. The number of nitrogens with zero attached hydrogens (tertiary/aromatic N) is 1. The van der Waals surface area contributed by atoms with Gasteiger partial charge in [-0.2, -0.15) is 13.2 Å². The van der Waals surface area contributed by atoms with Crippen LogP contribution < -0.4 is 5.32 Å². The number of anilines is 1. The van der Waals surface area contributed by atoms with Crippen molar-refractivity contribution in [2.75, 3.05) is 5.32 Å². The molecule has 0 bridgehead atoms. The normalized spacial score (nSPS) is 11.8. The molecule has 0 fully saturated rings. The molecule has 0 spiro atoms. The van der Waals surface area contributed by atoms with E-state index in [-0.39, 0.29) is 11.4 Å². The fraction of sp³-hybridized carbons (Fsp3) is 0.111. The number of benzene rings is 3. The van der Waals surface area contributed by atoms with Gasteiger partial charge in [0.15, 0.2) is 0 Å². The Morgan fingerprint density at radius 2 is 1.15 bits per heavy atom. The van der Waals surface area contributed by atoms with Gasteiger partial charge >= 0.3 is 6.18 Å². The maximum atomic E-state index is 13.6. The van der Waals surface area contributed by atoms with Crippen LogP contribution in [0.5, 0.6) is 0 Å². The zero-order valence-electron chi connectivity index (χ0n) is 17.9. The fourth-order valence-corrected chi connectivity index (χ4v) is 4.07. The first-order chi connectivity index (χ1) is 15.8. The van der Waals surface area contributed by atoms with Gasteiger partial charge < -0.3 is 5.32 Å². The van der Waals surface area contributed by atoms with Crippen molar-refractivity contribution in [1.82, 2.24) is 4.98 Å². The van der Waals surface area contributed by atoms with Crippen molar-refractivity contribution in [1.29, 1.82) is 5.41 Å². The molecule has 0 unspecified atom stereocenters. The molecule has 0 aliphatic heterocycles. The number of nitrogens with one attached hydrogen (secondary N) is 2. The number of halogens is 3. The molecule has 1 aromatic heterocycles. The van der Waals surface area contributed by atoms with Gasteiger partial charge in [0.1, 0.15) is 17.1 Å². The Morgan fingerprint density at radius 1 is 0.727 bits per heavy atom. The summed E-state index contributed by atoms with van der Waals surface area (Å²) in [4.78, 5) is 4.28. The Kier molecular flexibility index (Phi) is 6.01. The lowest BCUT2D eigenvalue weighted by Crippen LogP contribution is -2.39. The Balaban J connectivity index is 2.03.